The van der Waals surface area contributed by atoms with E-state index < -0.39 is 6.10 Å². The average molecular weight is 288 g/mol. The number of benzene rings is 1. The van der Waals surface area contributed by atoms with Gasteiger partial charge in [-0.2, -0.15) is 0 Å². The molecule has 3 rings (SSSR count). The Labute approximate surface area is 123 Å². The molecule has 2 heterocycles. The summed E-state index contributed by atoms with van der Waals surface area (Å²) in [5.41, 5.74) is 1.86. The lowest BCUT2D eigenvalue weighted by molar-refractivity contribution is -0.125. The minimum atomic E-state index is -0.410. The predicted molar refractivity (Wildman–Crippen MR) is 79.6 cm³/mol. The maximum atomic E-state index is 12.2. The number of aromatic amines is 1. The van der Waals surface area contributed by atoms with Gasteiger partial charge < -0.3 is 15.4 Å². The van der Waals surface area contributed by atoms with Crippen molar-refractivity contribution in [1.29, 1.82) is 0 Å². The molecule has 0 radical (unpaired) electrons. The quantitative estimate of drug-likeness (QED) is 0.771. The SMILES string of the molecule is CCN1CC(O)CC1C(=O)NCc1nc2ccccc2[nH]1. The molecule has 2 unspecified atom stereocenters. The fourth-order valence-corrected chi connectivity index (χ4v) is 2.88. The van der Waals surface area contributed by atoms with Crippen LogP contribution in [-0.2, 0) is 11.3 Å². The zero-order valence-electron chi connectivity index (χ0n) is 12.0. The van der Waals surface area contributed by atoms with Crippen LogP contribution in [0.15, 0.2) is 24.3 Å². The summed E-state index contributed by atoms with van der Waals surface area (Å²) in [7, 11) is 0. The fourth-order valence-electron chi connectivity index (χ4n) is 2.88. The lowest BCUT2D eigenvalue weighted by atomic mass is 10.2. The summed E-state index contributed by atoms with van der Waals surface area (Å²) < 4.78 is 0. The summed E-state index contributed by atoms with van der Waals surface area (Å²) in [5, 5.41) is 12.6. The van der Waals surface area contributed by atoms with Crippen LogP contribution in [0.3, 0.4) is 0 Å². The van der Waals surface area contributed by atoms with Crippen molar-refractivity contribution in [2.24, 2.45) is 0 Å². The van der Waals surface area contributed by atoms with Gasteiger partial charge in [-0.1, -0.05) is 19.1 Å². The Kier molecular flexibility index (Phi) is 3.90. The Morgan fingerprint density at radius 3 is 3.10 bits per heavy atom. The topological polar surface area (TPSA) is 81.2 Å². The zero-order chi connectivity index (χ0) is 14.8. The third-order valence-electron chi connectivity index (χ3n) is 3.96. The number of carbonyl (C=O) groups excluding carboxylic acids is 1. The number of carbonyl (C=O) groups is 1. The van der Waals surface area contributed by atoms with Crippen molar-refractivity contribution >= 4 is 16.9 Å². The number of amides is 1. The first-order chi connectivity index (χ1) is 10.2. The monoisotopic (exact) mass is 288 g/mol. The number of imidazole rings is 1. The molecule has 112 valence electrons. The molecule has 6 nitrogen and oxygen atoms in total. The van der Waals surface area contributed by atoms with Crippen LogP contribution in [0, 0.1) is 0 Å². The fraction of sp³-hybridized carbons (Fsp3) is 0.467. The van der Waals surface area contributed by atoms with Crippen molar-refractivity contribution in [3.05, 3.63) is 30.1 Å². The molecule has 1 aromatic heterocycles. The van der Waals surface area contributed by atoms with Crippen molar-refractivity contribution in [3.8, 4) is 0 Å². The molecule has 0 spiro atoms. The van der Waals surface area contributed by atoms with Crippen LogP contribution in [0.25, 0.3) is 11.0 Å². The minimum Gasteiger partial charge on any atom is -0.392 e. The molecule has 3 N–H and O–H groups in total. The number of nitrogens with one attached hydrogen (secondary N) is 2. The number of nitrogens with zero attached hydrogens (tertiary/aromatic N) is 2. The maximum Gasteiger partial charge on any atom is 0.237 e. The van der Waals surface area contributed by atoms with Crippen molar-refractivity contribution in [2.75, 3.05) is 13.1 Å². The number of β-amino-alcohol motifs (C(OH)–C–C–N with tert-alkyl or cyclic N) is 1. The number of aliphatic hydroxyl groups excluding tert-OH is 1. The number of H-pyrrole nitrogens is 1. The molecule has 2 atom stereocenters. The number of likely N-dealkylation sites (tertiary alicyclic amines) is 1. The van der Waals surface area contributed by atoms with Crippen LogP contribution in [0.5, 0.6) is 0 Å². The van der Waals surface area contributed by atoms with Crippen LogP contribution >= 0.6 is 0 Å². The summed E-state index contributed by atoms with van der Waals surface area (Å²) in [6, 6.07) is 7.53. The van der Waals surface area contributed by atoms with Gasteiger partial charge in [0.2, 0.25) is 5.91 Å². The van der Waals surface area contributed by atoms with Crippen LogP contribution < -0.4 is 5.32 Å². The zero-order valence-corrected chi connectivity index (χ0v) is 12.0. The molecule has 1 aliphatic heterocycles. The molecule has 1 saturated heterocycles. The molecule has 2 aromatic rings. The molecular weight excluding hydrogens is 268 g/mol. The number of para-hydroxylation sites is 2. The number of hydrogen-bond donors (Lipinski definition) is 3. The first-order valence-corrected chi connectivity index (χ1v) is 7.31. The van der Waals surface area contributed by atoms with Gasteiger partial charge in [0.1, 0.15) is 5.82 Å². The number of fused-ring (bicyclic) bond motifs is 1. The van der Waals surface area contributed by atoms with Crippen molar-refractivity contribution in [1.82, 2.24) is 20.2 Å². The summed E-state index contributed by atoms with van der Waals surface area (Å²) in [6.45, 7) is 3.70. The molecular formula is C15H20N4O2. The number of aromatic nitrogens is 2. The highest BCUT2D eigenvalue weighted by atomic mass is 16.3. The predicted octanol–water partition coefficient (Wildman–Crippen LogP) is 0.634. The van der Waals surface area contributed by atoms with E-state index >= 15 is 0 Å². The van der Waals surface area contributed by atoms with Gasteiger partial charge in [-0.15, -0.1) is 0 Å². The average Bonchev–Trinajstić information content (AvgIpc) is 3.07. The highest BCUT2D eigenvalue weighted by Gasteiger charge is 2.34. The van der Waals surface area contributed by atoms with Crippen molar-refractivity contribution in [3.63, 3.8) is 0 Å². The lowest BCUT2D eigenvalue weighted by Crippen LogP contribution is -2.42. The number of hydrogen-bond acceptors (Lipinski definition) is 4. The Hall–Kier alpha value is -1.92. The van der Waals surface area contributed by atoms with Crippen LogP contribution in [0.2, 0.25) is 0 Å². The van der Waals surface area contributed by atoms with Gasteiger partial charge in [0.15, 0.2) is 0 Å². The van der Waals surface area contributed by atoms with Gasteiger partial charge >= 0.3 is 0 Å². The summed E-state index contributed by atoms with van der Waals surface area (Å²) in [6.07, 6.45) is 0.0895. The molecule has 1 fully saturated rings. The highest BCUT2D eigenvalue weighted by molar-refractivity contribution is 5.82. The van der Waals surface area contributed by atoms with Gasteiger partial charge in [0.25, 0.3) is 0 Å². The molecule has 1 aromatic carbocycles. The van der Waals surface area contributed by atoms with Gasteiger partial charge in [0, 0.05) is 6.54 Å². The molecule has 1 aliphatic rings. The van der Waals surface area contributed by atoms with Gasteiger partial charge in [-0.3, -0.25) is 9.69 Å². The van der Waals surface area contributed by atoms with Crippen LogP contribution in [0.1, 0.15) is 19.2 Å². The number of rotatable bonds is 4. The third-order valence-corrected chi connectivity index (χ3v) is 3.96. The first kappa shape index (κ1) is 14.0. The maximum absolute atomic E-state index is 12.2. The standard InChI is InChI=1S/C15H20N4O2/c1-2-19-9-10(20)7-13(19)15(21)16-8-14-17-11-5-3-4-6-12(11)18-14/h3-6,10,13,20H,2,7-9H2,1H3,(H,16,21)(H,17,18). The second kappa shape index (κ2) is 5.83. The Bertz CT molecular complexity index is 606. The van der Waals surface area contributed by atoms with Gasteiger partial charge in [0.05, 0.1) is 29.7 Å². The molecule has 21 heavy (non-hydrogen) atoms. The van der Waals surface area contributed by atoms with E-state index in [1.165, 1.54) is 0 Å². The summed E-state index contributed by atoms with van der Waals surface area (Å²) in [5.74, 6) is 0.694. The number of aliphatic hydroxyl groups is 1. The molecule has 0 saturated carbocycles. The van der Waals surface area contributed by atoms with Crippen LogP contribution in [0.4, 0.5) is 0 Å². The van der Waals surface area contributed by atoms with Gasteiger partial charge in [-0.05, 0) is 25.1 Å². The highest BCUT2D eigenvalue weighted by Crippen LogP contribution is 2.17. The normalized spacial score (nSPS) is 22.8. The third kappa shape index (κ3) is 2.91. The molecule has 6 heteroatoms. The van der Waals surface area contributed by atoms with E-state index in [0.717, 1.165) is 23.4 Å². The molecule has 1 amide bonds. The second-order valence-electron chi connectivity index (χ2n) is 5.41. The van der Waals surface area contributed by atoms with E-state index in [0.29, 0.717) is 19.5 Å². The Morgan fingerprint density at radius 1 is 1.52 bits per heavy atom. The van der Waals surface area contributed by atoms with E-state index in [4.69, 9.17) is 0 Å². The van der Waals surface area contributed by atoms with Crippen molar-refractivity contribution < 1.29 is 9.90 Å². The summed E-state index contributed by atoms with van der Waals surface area (Å²) >= 11 is 0. The van der Waals surface area contributed by atoms with E-state index in [1.54, 1.807) is 0 Å². The first-order valence-electron chi connectivity index (χ1n) is 7.31. The van der Waals surface area contributed by atoms with E-state index in [1.807, 2.05) is 36.1 Å². The lowest BCUT2D eigenvalue weighted by Gasteiger charge is -2.21. The number of likely N-dealkylation sites (N-methyl/N-ethyl adjacent to an activating group) is 1. The largest absolute Gasteiger partial charge is 0.392 e. The molecule has 0 aliphatic carbocycles. The van der Waals surface area contributed by atoms with E-state index in [2.05, 4.69) is 15.3 Å². The van der Waals surface area contributed by atoms with E-state index in [9.17, 15) is 9.90 Å². The van der Waals surface area contributed by atoms with Crippen molar-refractivity contribution in [2.45, 2.75) is 32.0 Å². The van der Waals surface area contributed by atoms with E-state index in [-0.39, 0.29) is 11.9 Å². The minimum absolute atomic E-state index is 0.0474. The smallest absolute Gasteiger partial charge is 0.237 e. The van der Waals surface area contributed by atoms with Gasteiger partial charge in [-0.25, -0.2) is 4.98 Å². The Balaban J connectivity index is 1.63. The van der Waals surface area contributed by atoms with Crippen LogP contribution in [-0.4, -0.2) is 51.1 Å². The Morgan fingerprint density at radius 2 is 2.33 bits per heavy atom. The summed E-state index contributed by atoms with van der Waals surface area (Å²) in [4.78, 5) is 21.9. The second-order valence-corrected chi connectivity index (χ2v) is 5.41. The molecule has 0 bridgehead atoms.